The molecule has 0 aliphatic carbocycles. The first-order valence-corrected chi connectivity index (χ1v) is 5.16. The zero-order valence-electron chi connectivity index (χ0n) is 9.41. The molecule has 1 atom stereocenters. The van der Waals surface area contributed by atoms with Gasteiger partial charge in [0.2, 0.25) is 17.5 Å². The largest absolute Gasteiger partial charge is 0.380 e. The topological polar surface area (TPSA) is 100.0 Å². The molecule has 7 nitrogen and oxygen atoms in total. The second-order valence-corrected chi connectivity index (χ2v) is 3.38. The van der Waals surface area contributed by atoms with Gasteiger partial charge in [0.1, 0.15) is 0 Å². The van der Waals surface area contributed by atoms with Crippen molar-refractivity contribution in [1.29, 1.82) is 0 Å². The van der Waals surface area contributed by atoms with Crippen LogP contribution in [-0.2, 0) is 11.2 Å². The summed E-state index contributed by atoms with van der Waals surface area (Å²) in [7, 11) is 1.59. The van der Waals surface area contributed by atoms with Crippen LogP contribution in [0.5, 0.6) is 0 Å². The van der Waals surface area contributed by atoms with Gasteiger partial charge in [-0.3, -0.25) is 0 Å². The molecule has 17 heavy (non-hydrogen) atoms. The van der Waals surface area contributed by atoms with E-state index in [2.05, 4.69) is 20.1 Å². The average molecular weight is 235 g/mol. The molecular weight excluding hydrogens is 222 g/mol. The molecule has 7 heteroatoms. The summed E-state index contributed by atoms with van der Waals surface area (Å²) in [6, 6.07) is 1.72. The number of hydrogen-bond acceptors (Lipinski definition) is 7. The van der Waals surface area contributed by atoms with Crippen LogP contribution in [0.15, 0.2) is 23.0 Å². The summed E-state index contributed by atoms with van der Waals surface area (Å²) >= 11 is 0. The molecule has 0 bridgehead atoms. The zero-order chi connectivity index (χ0) is 12.1. The average Bonchev–Trinajstić information content (AvgIpc) is 2.85. The fourth-order valence-corrected chi connectivity index (χ4v) is 1.30. The van der Waals surface area contributed by atoms with Gasteiger partial charge in [0, 0.05) is 26.0 Å². The lowest BCUT2D eigenvalue weighted by Crippen LogP contribution is -2.24. The van der Waals surface area contributed by atoms with Gasteiger partial charge in [-0.2, -0.15) is 4.98 Å². The van der Waals surface area contributed by atoms with Crippen molar-refractivity contribution in [2.45, 2.75) is 12.5 Å². The number of hydrogen-bond donors (Lipinski definition) is 1. The number of methoxy groups -OCH3 is 1. The van der Waals surface area contributed by atoms with Crippen LogP contribution in [-0.4, -0.2) is 39.9 Å². The summed E-state index contributed by atoms with van der Waals surface area (Å²) in [4.78, 5) is 12.2. The number of nitrogens with zero attached hydrogens (tertiary/aromatic N) is 4. The lowest BCUT2D eigenvalue weighted by atomic mass is 10.2. The highest BCUT2D eigenvalue weighted by molar-refractivity contribution is 5.40. The first kappa shape index (κ1) is 11.6. The number of rotatable bonds is 5. The standard InChI is InChI=1S/C10H13N5O2/c1-16-7(6-11)5-8-14-10(15-17-8)9-12-3-2-4-13-9/h2-4,7H,5-6,11H2,1H3. The second kappa shape index (κ2) is 5.46. The first-order valence-electron chi connectivity index (χ1n) is 5.16. The summed E-state index contributed by atoms with van der Waals surface area (Å²) in [5.41, 5.74) is 5.51. The predicted molar refractivity (Wildman–Crippen MR) is 58.9 cm³/mol. The van der Waals surface area contributed by atoms with E-state index in [0.717, 1.165) is 0 Å². The van der Waals surface area contributed by atoms with E-state index in [-0.39, 0.29) is 6.10 Å². The van der Waals surface area contributed by atoms with Crippen LogP contribution < -0.4 is 5.73 Å². The minimum Gasteiger partial charge on any atom is -0.380 e. The molecule has 1 unspecified atom stereocenters. The van der Waals surface area contributed by atoms with Crippen molar-refractivity contribution in [3.63, 3.8) is 0 Å². The third-order valence-corrected chi connectivity index (χ3v) is 2.23. The Kier molecular flexibility index (Phi) is 3.73. The van der Waals surface area contributed by atoms with Crippen LogP contribution in [0.25, 0.3) is 11.6 Å². The lowest BCUT2D eigenvalue weighted by molar-refractivity contribution is 0.102. The van der Waals surface area contributed by atoms with Crippen molar-refractivity contribution >= 4 is 0 Å². The van der Waals surface area contributed by atoms with Crippen molar-refractivity contribution in [2.75, 3.05) is 13.7 Å². The highest BCUT2D eigenvalue weighted by Gasteiger charge is 2.14. The molecule has 0 radical (unpaired) electrons. The summed E-state index contributed by atoms with van der Waals surface area (Å²) in [5.74, 6) is 1.27. The molecule has 0 fully saturated rings. The normalized spacial score (nSPS) is 12.6. The molecule has 2 rings (SSSR count). The van der Waals surface area contributed by atoms with Gasteiger partial charge in [0.05, 0.1) is 12.5 Å². The van der Waals surface area contributed by atoms with Gasteiger partial charge in [-0.1, -0.05) is 5.16 Å². The Morgan fingerprint density at radius 3 is 2.76 bits per heavy atom. The molecule has 90 valence electrons. The van der Waals surface area contributed by atoms with Crippen molar-refractivity contribution in [2.24, 2.45) is 5.73 Å². The van der Waals surface area contributed by atoms with Gasteiger partial charge in [0.25, 0.3) is 0 Å². The van der Waals surface area contributed by atoms with Gasteiger partial charge < -0.3 is 15.0 Å². The SMILES string of the molecule is COC(CN)Cc1nc(-c2ncccn2)no1. The Hall–Kier alpha value is -1.86. The monoisotopic (exact) mass is 235 g/mol. The molecule has 2 aromatic heterocycles. The van der Waals surface area contributed by atoms with Crippen LogP contribution in [0.3, 0.4) is 0 Å². The van der Waals surface area contributed by atoms with Gasteiger partial charge in [-0.05, 0) is 6.07 Å². The number of nitrogens with two attached hydrogens (primary N) is 1. The fraction of sp³-hybridized carbons (Fsp3) is 0.400. The van der Waals surface area contributed by atoms with E-state index in [0.29, 0.717) is 30.5 Å². The quantitative estimate of drug-likeness (QED) is 0.781. The molecule has 0 spiro atoms. The fourth-order valence-electron chi connectivity index (χ4n) is 1.30. The van der Waals surface area contributed by atoms with Crippen LogP contribution in [0.1, 0.15) is 5.89 Å². The van der Waals surface area contributed by atoms with Crippen molar-refractivity contribution < 1.29 is 9.26 Å². The molecule has 2 aromatic rings. The van der Waals surface area contributed by atoms with Gasteiger partial charge >= 0.3 is 0 Å². The van der Waals surface area contributed by atoms with Crippen LogP contribution in [0, 0.1) is 0 Å². The minimum absolute atomic E-state index is 0.125. The number of aromatic nitrogens is 4. The highest BCUT2D eigenvalue weighted by atomic mass is 16.5. The third-order valence-electron chi connectivity index (χ3n) is 2.23. The van der Waals surface area contributed by atoms with Gasteiger partial charge in [-0.25, -0.2) is 9.97 Å². The molecule has 0 aliphatic heterocycles. The van der Waals surface area contributed by atoms with E-state index < -0.39 is 0 Å². The van der Waals surface area contributed by atoms with Crippen LogP contribution in [0.4, 0.5) is 0 Å². The van der Waals surface area contributed by atoms with E-state index in [1.165, 1.54) is 0 Å². The molecule has 0 saturated carbocycles. The Bertz CT molecular complexity index is 455. The summed E-state index contributed by atoms with van der Waals surface area (Å²) in [5, 5.41) is 3.80. The lowest BCUT2D eigenvalue weighted by Gasteiger charge is -2.08. The molecule has 2 N–H and O–H groups in total. The Balaban J connectivity index is 2.11. The van der Waals surface area contributed by atoms with E-state index in [4.69, 9.17) is 15.0 Å². The van der Waals surface area contributed by atoms with Crippen LogP contribution in [0.2, 0.25) is 0 Å². The molecule has 2 heterocycles. The minimum atomic E-state index is -0.125. The summed E-state index contributed by atoms with van der Waals surface area (Å²) < 4.78 is 10.2. The molecule has 0 aliphatic rings. The second-order valence-electron chi connectivity index (χ2n) is 3.38. The maximum absolute atomic E-state index is 5.51. The summed E-state index contributed by atoms with van der Waals surface area (Å²) in [6.45, 7) is 0.399. The van der Waals surface area contributed by atoms with E-state index in [9.17, 15) is 0 Å². The van der Waals surface area contributed by atoms with E-state index in [1.807, 2.05) is 0 Å². The molecule has 0 aromatic carbocycles. The molecule has 0 saturated heterocycles. The van der Waals surface area contributed by atoms with E-state index >= 15 is 0 Å². The van der Waals surface area contributed by atoms with Gasteiger partial charge in [0.15, 0.2) is 0 Å². The smallest absolute Gasteiger partial charge is 0.240 e. The van der Waals surface area contributed by atoms with Gasteiger partial charge in [-0.15, -0.1) is 0 Å². The Labute approximate surface area is 98.0 Å². The van der Waals surface area contributed by atoms with Crippen LogP contribution >= 0.6 is 0 Å². The van der Waals surface area contributed by atoms with E-state index in [1.54, 1.807) is 25.6 Å². The highest BCUT2D eigenvalue weighted by Crippen LogP contribution is 2.10. The number of ether oxygens (including phenoxy) is 1. The van der Waals surface area contributed by atoms with Crippen molar-refractivity contribution in [3.05, 3.63) is 24.4 Å². The predicted octanol–water partition coefficient (Wildman–Crippen LogP) is 0.0428. The maximum atomic E-state index is 5.51. The summed E-state index contributed by atoms with van der Waals surface area (Å²) in [6.07, 6.45) is 3.60. The Morgan fingerprint density at radius 1 is 1.35 bits per heavy atom. The molecule has 0 amide bonds. The first-order chi connectivity index (χ1) is 8.33. The van der Waals surface area contributed by atoms with Crippen molar-refractivity contribution in [3.8, 4) is 11.6 Å². The maximum Gasteiger partial charge on any atom is 0.240 e. The zero-order valence-corrected chi connectivity index (χ0v) is 9.41. The molecular formula is C10H13N5O2. The third kappa shape index (κ3) is 2.83. The van der Waals surface area contributed by atoms with Crippen molar-refractivity contribution in [1.82, 2.24) is 20.1 Å². The Morgan fingerprint density at radius 2 is 2.12 bits per heavy atom.